The van der Waals surface area contributed by atoms with Crippen LogP contribution in [0.25, 0.3) is 0 Å². The van der Waals surface area contributed by atoms with Gasteiger partial charge in [-0.2, -0.15) is 0 Å². The Morgan fingerprint density at radius 1 is 1.47 bits per heavy atom. The normalized spacial score (nSPS) is 12.3. The van der Waals surface area contributed by atoms with Gasteiger partial charge in [-0.3, -0.25) is 4.79 Å². The van der Waals surface area contributed by atoms with Crippen molar-refractivity contribution in [1.29, 1.82) is 0 Å². The summed E-state index contributed by atoms with van der Waals surface area (Å²) in [6.07, 6.45) is -0.203. The molecule has 6 heteroatoms. The average molecular weight is 271 g/mol. The quantitative estimate of drug-likeness (QED) is 0.823. The van der Waals surface area contributed by atoms with E-state index in [1.54, 1.807) is 13.8 Å². The van der Waals surface area contributed by atoms with Crippen LogP contribution in [0.15, 0.2) is 12.1 Å². The van der Waals surface area contributed by atoms with Gasteiger partial charge in [0.2, 0.25) is 0 Å². The Kier molecular flexibility index (Phi) is 5.11. The molecule has 0 spiro atoms. The second-order valence-electron chi connectivity index (χ2n) is 4.32. The third kappa shape index (κ3) is 3.57. The largest absolute Gasteiger partial charge is 0.493 e. The number of benzene rings is 1. The lowest BCUT2D eigenvalue weighted by atomic mass is 9.97. The molecule has 0 fully saturated rings. The first-order chi connectivity index (χ1) is 8.90. The summed E-state index contributed by atoms with van der Waals surface area (Å²) in [5.41, 5.74) is 5.63. The third-order valence-corrected chi connectivity index (χ3v) is 2.53. The second kappa shape index (κ2) is 6.38. The van der Waals surface area contributed by atoms with E-state index >= 15 is 0 Å². The molecule has 106 valence electrons. The van der Waals surface area contributed by atoms with Crippen LogP contribution in [0, 0.1) is 5.82 Å². The van der Waals surface area contributed by atoms with E-state index in [0.717, 1.165) is 12.1 Å². The highest BCUT2D eigenvalue weighted by Gasteiger charge is 2.26. The number of nitrogens with two attached hydrogens (primary N) is 1. The smallest absolute Gasteiger partial charge is 0.312 e. The Hall–Kier alpha value is -1.82. The standard InChI is InChI=1S/C13H18FNO4/c1-7(2)19-12-9(10(6-15)13(16)17)4-8(14)5-11(12)18-3/h4-5,7,10H,6,15H2,1-3H3,(H,16,17). The van der Waals surface area contributed by atoms with E-state index in [2.05, 4.69) is 0 Å². The fourth-order valence-electron chi connectivity index (χ4n) is 1.72. The summed E-state index contributed by atoms with van der Waals surface area (Å²) in [5.74, 6) is -2.40. The molecule has 19 heavy (non-hydrogen) atoms. The molecule has 1 rings (SSSR count). The number of carboxylic acids is 1. The van der Waals surface area contributed by atoms with Gasteiger partial charge in [0.15, 0.2) is 11.5 Å². The molecule has 3 N–H and O–H groups in total. The molecular weight excluding hydrogens is 253 g/mol. The summed E-state index contributed by atoms with van der Waals surface area (Å²) in [6, 6.07) is 2.27. The first kappa shape index (κ1) is 15.2. The average Bonchev–Trinajstić information content (AvgIpc) is 2.31. The Morgan fingerprint density at radius 2 is 2.11 bits per heavy atom. The molecule has 1 aromatic carbocycles. The van der Waals surface area contributed by atoms with E-state index in [-0.39, 0.29) is 29.7 Å². The minimum absolute atomic E-state index is 0.156. The van der Waals surface area contributed by atoms with Crippen molar-refractivity contribution in [3.8, 4) is 11.5 Å². The van der Waals surface area contributed by atoms with Crippen LogP contribution in [-0.2, 0) is 4.79 Å². The number of methoxy groups -OCH3 is 1. The summed E-state index contributed by atoms with van der Waals surface area (Å²) in [5, 5.41) is 9.14. The van der Waals surface area contributed by atoms with Crippen LogP contribution in [0.1, 0.15) is 25.3 Å². The third-order valence-electron chi connectivity index (χ3n) is 2.53. The van der Waals surface area contributed by atoms with Crippen LogP contribution in [0.3, 0.4) is 0 Å². The summed E-state index contributed by atoms with van der Waals surface area (Å²) < 4.78 is 24.1. The van der Waals surface area contributed by atoms with Gasteiger partial charge in [0, 0.05) is 18.2 Å². The molecule has 0 aromatic heterocycles. The van der Waals surface area contributed by atoms with E-state index in [0.29, 0.717) is 0 Å². The minimum Gasteiger partial charge on any atom is -0.493 e. The van der Waals surface area contributed by atoms with Gasteiger partial charge >= 0.3 is 5.97 Å². The number of hydrogen-bond donors (Lipinski definition) is 2. The molecule has 0 aliphatic heterocycles. The van der Waals surface area contributed by atoms with E-state index in [9.17, 15) is 9.18 Å². The van der Waals surface area contributed by atoms with Gasteiger partial charge in [0.25, 0.3) is 0 Å². The molecule has 0 radical (unpaired) electrons. The molecule has 0 bridgehead atoms. The van der Waals surface area contributed by atoms with Gasteiger partial charge in [0.1, 0.15) is 5.82 Å². The van der Waals surface area contributed by atoms with Gasteiger partial charge in [-0.15, -0.1) is 0 Å². The molecule has 0 amide bonds. The van der Waals surface area contributed by atoms with Gasteiger partial charge in [0.05, 0.1) is 19.1 Å². The highest BCUT2D eigenvalue weighted by Crippen LogP contribution is 2.37. The molecule has 1 unspecified atom stereocenters. The lowest BCUT2D eigenvalue weighted by Gasteiger charge is -2.20. The first-order valence-electron chi connectivity index (χ1n) is 5.87. The van der Waals surface area contributed by atoms with Crippen molar-refractivity contribution in [3.05, 3.63) is 23.5 Å². The van der Waals surface area contributed by atoms with Gasteiger partial charge in [-0.05, 0) is 19.9 Å². The predicted molar refractivity (Wildman–Crippen MR) is 68.1 cm³/mol. The number of aliphatic carboxylic acids is 1. The van der Waals surface area contributed by atoms with Gasteiger partial charge in [-0.1, -0.05) is 0 Å². The zero-order chi connectivity index (χ0) is 14.6. The molecule has 0 saturated carbocycles. The molecule has 0 aliphatic rings. The SMILES string of the molecule is COc1cc(F)cc(C(CN)C(=O)O)c1OC(C)C. The van der Waals surface area contributed by atoms with Crippen LogP contribution >= 0.6 is 0 Å². The minimum atomic E-state index is -1.14. The Labute approximate surface area is 111 Å². The lowest BCUT2D eigenvalue weighted by molar-refractivity contribution is -0.138. The summed E-state index contributed by atoms with van der Waals surface area (Å²) in [6.45, 7) is 3.41. The van der Waals surface area contributed by atoms with E-state index in [4.69, 9.17) is 20.3 Å². The lowest BCUT2D eigenvalue weighted by Crippen LogP contribution is -2.23. The van der Waals surface area contributed by atoms with E-state index in [1.165, 1.54) is 7.11 Å². The maximum atomic E-state index is 13.5. The van der Waals surface area contributed by atoms with E-state index in [1.807, 2.05) is 0 Å². The summed E-state index contributed by atoms with van der Waals surface area (Å²) in [7, 11) is 1.37. The number of hydrogen-bond acceptors (Lipinski definition) is 4. The highest BCUT2D eigenvalue weighted by molar-refractivity contribution is 5.78. The number of carboxylic acid groups (broad SMARTS) is 1. The maximum absolute atomic E-state index is 13.5. The molecule has 0 heterocycles. The van der Waals surface area contributed by atoms with Crippen molar-refractivity contribution >= 4 is 5.97 Å². The van der Waals surface area contributed by atoms with E-state index < -0.39 is 17.7 Å². The molecule has 5 nitrogen and oxygen atoms in total. The van der Waals surface area contributed by atoms with Crippen LogP contribution in [-0.4, -0.2) is 30.8 Å². The zero-order valence-corrected chi connectivity index (χ0v) is 11.1. The van der Waals surface area contributed by atoms with Crippen molar-refractivity contribution in [2.75, 3.05) is 13.7 Å². The number of ether oxygens (including phenoxy) is 2. The molecule has 1 aromatic rings. The summed E-state index contributed by atoms with van der Waals surface area (Å²) >= 11 is 0. The van der Waals surface area contributed by atoms with Crippen LogP contribution in [0.5, 0.6) is 11.5 Å². The van der Waals surface area contributed by atoms with Crippen molar-refractivity contribution in [3.63, 3.8) is 0 Å². The Morgan fingerprint density at radius 3 is 2.53 bits per heavy atom. The highest BCUT2D eigenvalue weighted by atomic mass is 19.1. The molecule has 1 atom stereocenters. The van der Waals surface area contributed by atoms with Crippen molar-refractivity contribution in [2.45, 2.75) is 25.9 Å². The number of halogens is 1. The Bertz CT molecular complexity index is 462. The monoisotopic (exact) mass is 271 g/mol. The first-order valence-corrected chi connectivity index (χ1v) is 5.87. The maximum Gasteiger partial charge on any atom is 0.312 e. The molecule has 0 aliphatic carbocycles. The second-order valence-corrected chi connectivity index (χ2v) is 4.32. The molecule has 0 saturated heterocycles. The predicted octanol–water partition coefficient (Wildman–Crippen LogP) is 1.75. The van der Waals surface area contributed by atoms with Crippen LogP contribution in [0.2, 0.25) is 0 Å². The van der Waals surface area contributed by atoms with Crippen molar-refractivity contribution in [2.24, 2.45) is 5.73 Å². The van der Waals surface area contributed by atoms with Crippen LogP contribution < -0.4 is 15.2 Å². The van der Waals surface area contributed by atoms with Gasteiger partial charge < -0.3 is 20.3 Å². The van der Waals surface area contributed by atoms with Gasteiger partial charge in [-0.25, -0.2) is 4.39 Å². The number of rotatable bonds is 6. The topological polar surface area (TPSA) is 81.8 Å². The number of carbonyl (C=O) groups is 1. The Balaban J connectivity index is 3.41. The zero-order valence-electron chi connectivity index (χ0n) is 11.1. The molecular formula is C13H18FNO4. The summed E-state index contributed by atoms with van der Waals surface area (Å²) in [4.78, 5) is 11.2. The van der Waals surface area contributed by atoms with Crippen LogP contribution in [0.4, 0.5) is 4.39 Å². The fourth-order valence-corrected chi connectivity index (χ4v) is 1.72. The van der Waals surface area contributed by atoms with Crippen molar-refractivity contribution in [1.82, 2.24) is 0 Å². The fraction of sp³-hybridized carbons (Fsp3) is 0.462. The van der Waals surface area contributed by atoms with Crippen molar-refractivity contribution < 1.29 is 23.8 Å².